The lowest BCUT2D eigenvalue weighted by molar-refractivity contribution is -0.137. The number of amidine groups is 1. The molecule has 1 aliphatic carbocycles. The second-order valence-electron chi connectivity index (χ2n) is 7.76. The van der Waals surface area contributed by atoms with Crippen LogP contribution in [0, 0.1) is 0 Å². The van der Waals surface area contributed by atoms with Gasteiger partial charge in [0.2, 0.25) is 5.88 Å². The summed E-state index contributed by atoms with van der Waals surface area (Å²) in [6.45, 7) is 1.07. The molecule has 0 amide bonds. The van der Waals surface area contributed by atoms with Crippen LogP contribution in [0.1, 0.15) is 36.8 Å². The summed E-state index contributed by atoms with van der Waals surface area (Å²) in [5, 5.41) is 0. The number of hydrogen-bond acceptors (Lipinski definition) is 5. The first-order valence-corrected chi connectivity index (χ1v) is 10.7. The number of ether oxygens (including phenoxy) is 1. The van der Waals surface area contributed by atoms with Crippen molar-refractivity contribution in [2.75, 3.05) is 12.3 Å². The van der Waals surface area contributed by atoms with Crippen molar-refractivity contribution in [2.24, 2.45) is 4.40 Å². The fraction of sp³-hybridized carbons (Fsp3) is 0.429. The van der Waals surface area contributed by atoms with Crippen molar-refractivity contribution in [3.05, 3.63) is 53.7 Å². The van der Waals surface area contributed by atoms with Crippen LogP contribution < -0.4 is 4.74 Å². The second-order valence-corrected chi connectivity index (χ2v) is 8.61. The molecule has 4 aliphatic rings. The fourth-order valence-corrected chi connectivity index (χ4v) is 5.51. The molecule has 2 bridgehead atoms. The standard InChI is InChI=1S/C21H20F3N3OS/c22-21(23,24)15-3-6-18(25-13-15)28-17-4-1-14(2-5-17)20-9-7-16(8-10-20)27-11-12-29-26-19(20)27/h1-6,13,16H,7-12H2. The summed E-state index contributed by atoms with van der Waals surface area (Å²) in [5.41, 5.74) is 0.408. The lowest BCUT2D eigenvalue weighted by Gasteiger charge is -2.55. The molecular weight excluding hydrogens is 399 g/mol. The molecule has 2 aromatic rings. The van der Waals surface area contributed by atoms with Gasteiger partial charge in [-0.1, -0.05) is 12.1 Å². The third-order valence-corrected chi connectivity index (χ3v) is 6.88. The first-order chi connectivity index (χ1) is 14.0. The Morgan fingerprint density at radius 2 is 1.83 bits per heavy atom. The second kappa shape index (κ2) is 6.93. The topological polar surface area (TPSA) is 37.7 Å². The molecule has 8 heteroatoms. The quantitative estimate of drug-likeness (QED) is 0.620. The van der Waals surface area contributed by atoms with Crippen molar-refractivity contribution >= 4 is 17.8 Å². The third kappa shape index (κ3) is 3.27. The van der Waals surface area contributed by atoms with E-state index in [-0.39, 0.29) is 11.3 Å². The van der Waals surface area contributed by atoms with E-state index in [0.29, 0.717) is 11.8 Å². The maximum atomic E-state index is 12.7. The van der Waals surface area contributed by atoms with Gasteiger partial charge in [-0.05, 0) is 61.4 Å². The van der Waals surface area contributed by atoms with Crippen LogP contribution in [0.3, 0.4) is 0 Å². The summed E-state index contributed by atoms with van der Waals surface area (Å²) >= 11 is 1.65. The highest BCUT2D eigenvalue weighted by Crippen LogP contribution is 2.49. The summed E-state index contributed by atoms with van der Waals surface area (Å²) in [6, 6.07) is 10.7. The Labute approximate surface area is 171 Å². The van der Waals surface area contributed by atoms with E-state index < -0.39 is 11.7 Å². The number of aromatic nitrogens is 1. The Bertz CT molecular complexity index is 920. The largest absolute Gasteiger partial charge is 0.439 e. The van der Waals surface area contributed by atoms with Crippen molar-refractivity contribution in [2.45, 2.75) is 43.3 Å². The normalized spacial score (nSPS) is 26.1. The van der Waals surface area contributed by atoms with Crippen LogP contribution in [0.2, 0.25) is 0 Å². The van der Waals surface area contributed by atoms with Crippen molar-refractivity contribution in [1.82, 2.24) is 9.88 Å². The summed E-state index contributed by atoms with van der Waals surface area (Å²) in [4.78, 5) is 6.27. The van der Waals surface area contributed by atoms with E-state index in [9.17, 15) is 13.2 Å². The van der Waals surface area contributed by atoms with E-state index in [4.69, 9.17) is 9.13 Å². The summed E-state index contributed by atoms with van der Waals surface area (Å²) in [5.74, 6) is 2.96. The zero-order chi connectivity index (χ0) is 20.1. The minimum absolute atomic E-state index is 0.0344. The number of alkyl halides is 3. The van der Waals surface area contributed by atoms with Crippen LogP contribution >= 0.6 is 11.9 Å². The number of benzene rings is 1. The third-order valence-electron chi connectivity index (χ3n) is 6.22. The van der Waals surface area contributed by atoms with Gasteiger partial charge in [0.05, 0.1) is 11.0 Å². The first kappa shape index (κ1) is 18.8. The molecule has 0 radical (unpaired) electrons. The highest BCUT2D eigenvalue weighted by atomic mass is 32.2. The van der Waals surface area contributed by atoms with Gasteiger partial charge in [-0.15, -0.1) is 0 Å². The molecule has 6 rings (SSSR count). The SMILES string of the molecule is FC(F)(F)c1ccc(Oc2ccc(C34CCC(CC3)N3CCSN=C34)cc2)nc1. The van der Waals surface area contributed by atoms with Crippen LogP contribution in [0.15, 0.2) is 47.0 Å². The number of pyridine rings is 1. The zero-order valence-corrected chi connectivity index (χ0v) is 16.5. The Balaban J connectivity index is 1.37. The number of rotatable bonds is 3. The summed E-state index contributed by atoms with van der Waals surface area (Å²) < 4.78 is 48.5. The van der Waals surface area contributed by atoms with Gasteiger partial charge in [0, 0.05) is 30.6 Å². The number of fused-ring (bicyclic) bond motifs is 2. The zero-order valence-electron chi connectivity index (χ0n) is 15.7. The summed E-state index contributed by atoms with van der Waals surface area (Å²) in [6.07, 6.45) is 0.980. The average molecular weight is 419 g/mol. The van der Waals surface area contributed by atoms with Gasteiger partial charge in [-0.25, -0.2) is 9.38 Å². The highest BCUT2D eigenvalue weighted by molar-refractivity contribution is 7.98. The van der Waals surface area contributed by atoms with Crippen molar-refractivity contribution in [3.63, 3.8) is 0 Å². The predicted molar refractivity (Wildman–Crippen MR) is 106 cm³/mol. The Hall–Kier alpha value is -2.22. The lowest BCUT2D eigenvalue weighted by atomic mass is 9.63. The molecule has 0 atom stereocenters. The maximum absolute atomic E-state index is 12.7. The van der Waals surface area contributed by atoms with Crippen LogP contribution in [-0.2, 0) is 11.6 Å². The molecule has 3 fully saturated rings. The first-order valence-electron chi connectivity index (χ1n) is 9.74. The maximum Gasteiger partial charge on any atom is 0.417 e. The van der Waals surface area contributed by atoms with Crippen molar-refractivity contribution in [1.29, 1.82) is 0 Å². The van der Waals surface area contributed by atoms with E-state index in [1.807, 2.05) is 12.1 Å². The molecule has 29 heavy (non-hydrogen) atoms. The Morgan fingerprint density at radius 3 is 2.48 bits per heavy atom. The van der Waals surface area contributed by atoms with Gasteiger partial charge in [-0.2, -0.15) is 13.2 Å². The van der Waals surface area contributed by atoms with Gasteiger partial charge in [0.25, 0.3) is 0 Å². The van der Waals surface area contributed by atoms with Crippen LogP contribution in [0.5, 0.6) is 11.6 Å². The van der Waals surface area contributed by atoms with E-state index >= 15 is 0 Å². The van der Waals surface area contributed by atoms with Gasteiger partial charge in [0.1, 0.15) is 11.6 Å². The molecule has 2 saturated heterocycles. The van der Waals surface area contributed by atoms with Crippen molar-refractivity contribution < 1.29 is 17.9 Å². The lowest BCUT2D eigenvalue weighted by Crippen LogP contribution is -2.61. The van der Waals surface area contributed by atoms with Gasteiger partial charge < -0.3 is 9.64 Å². The fourth-order valence-electron chi connectivity index (χ4n) is 4.74. The van der Waals surface area contributed by atoms with E-state index in [1.54, 1.807) is 11.9 Å². The van der Waals surface area contributed by atoms with Gasteiger partial charge in [-0.3, -0.25) is 0 Å². The van der Waals surface area contributed by atoms with Crippen LogP contribution in [-0.4, -0.2) is 34.1 Å². The molecule has 1 aromatic carbocycles. The minimum atomic E-state index is -4.40. The molecule has 152 valence electrons. The van der Waals surface area contributed by atoms with E-state index in [1.165, 1.54) is 30.3 Å². The highest BCUT2D eigenvalue weighted by Gasteiger charge is 2.51. The monoisotopic (exact) mass is 419 g/mol. The van der Waals surface area contributed by atoms with Gasteiger partial charge in [0.15, 0.2) is 0 Å². The van der Waals surface area contributed by atoms with Gasteiger partial charge >= 0.3 is 6.18 Å². The van der Waals surface area contributed by atoms with E-state index in [0.717, 1.165) is 37.4 Å². The number of nitrogens with zero attached hydrogens (tertiary/aromatic N) is 3. The molecule has 0 unspecified atom stereocenters. The molecule has 1 aromatic heterocycles. The predicted octanol–water partition coefficient (Wildman–Crippen LogP) is 5.45. The van der Waals surface area contributed by atoms with Crippen molar-refractivity contribution in [3.8, 4) is 11.6 Å². The molecule has 1 saturated carbocycles. The Morgan fingerprint density at radius 1 is 1.07 bits per heavy atom. The minimum Gasteiger partial charge on any atom is -0.439 e. The Kier molecular flexibility index (Phi) is 4.49. The number of hydrogen-bond donors (Lipinski definition) is 0. The molecule has 4 heterocycles. The smallest absolute Gasteiger partial charge is 0.417 e. The molecule has 4 nitrogen and oxygen atoms in total. The number of halogens is 3. The average Bonchev–Trinajstić information content (AvgIpc) is 2.75. The molecule has 0 spiro atoms. The molecular formula is C21H20F3N3OS. The molecule has 0 N–H and O–H groups in total. The van der Waals surface area contributed by atoms with E-state index in [2.05, 4.69) is 22.0 Å². The molecule has 3 aliphatic heterocycles. The number of piperidine rings is 2. The van der Waals surface area contributed by atoms with Crippen LogP contribution in [0.4, 0.5) is 13.2 Å². The summed E-state index contributed by atoms with van der Waals surface area (Å²) in [7, 11) is 0. The van der Waals surface area contributed by atoms with Crippen LogP contribution in [0.25, 0.3) is 0 Å².